The Morgan fingerprint density at radius 2 is 1.52 bits per heavy atom. The van der Waals surface area contributed by atoms with Crippen LogP contribution in [-0.4, -0.2) is 15.5 Å². The van der Waals surface area contributed by atoms with Gasteiger partial charge in [-0.15, -0.1) is 0 Å². The van der Waals surface area contributed by atoms with Crippen molar-refractivity contribution in [1.29, 1.82) is 0 Å². The third kappa shape index (κ3) is 3.47. The largest absolute Gasteiger partial charge is 0.269 e. The van der Waals surface area contributed by atoms with E-state index in [1.165, 1.54) is 4.31 Å². The fourth-order valence-corrected chi connectivity index (χ4v) is 3.73. The van der Waals surface area contributed by atoms with Crippen molar-refractivity contribution < 1.29 is 8.42 Å². The number of rotatable bonds is 4. The Morgan fingerprint density at radius 3 is 2.00 bits per heavy atom. The highest BCUT2D eigenvalue weighted by atomic mass is 79.9. The third-order valence-electron chi connectivity index (χ3n) is 3.31. The zero-order chi connectivity index (χ0) is 15.6. The quantitative estimate of drug-likeness (QED) is 0.765. The summed E-state index contributed by atoms with van der Waals surface area (Å²) in [5.41, 5.74) is 3.81. The number of hydrogen-bond acceptors (Lipinski definition) is 2. The van der Waals surface area contributed by atoms with E-state index in [0.717, 1.165) is 16.7 Å². The maximum absolute atomic E-state index is 12.7. The number of hydrogen-bond donors (Lipinski definition) is 0. The van der Waals surface area contributed by atoms with Gasteiger partial charge in [0, 0.05) is 12.4 Å². The second kappa shape index (κ2) is 6.20. The average molecular weight is 368 g/mol. The fourth-order valence-electron chi connectivity index (χ4n) is 2.18. The highest BCUT2D eigenvalue weighted by Gasteiger charge is 2.21. The molecule has 0 unspecified atom stereocenters. The minimum atomic E-state index is -3.53. The highest BCUT2D eigenvalue weighted by Crippen LogP contribution is 2.24. The molecule has 3 nitrogen and oxygen atoms in total. The summed E-state index contributed by atoms with van der Waals surface area (Å²) < 4.78 is 26.7. The summed E-state index contributed by atoms with van der Waals surface area (Å²) in [4.78, 5) is 0.300. The molecule has 2 aromatic carbocycles. The SMILES string of the molecule is Cc1cc(C)cc(N(C)S(=O)(=O)c2ccc(CBr)cc2)c1. The normalized spacial score (nSPS) is 11.4. The minimum absolute atomic E-state index is 0.300. The van der Waals surface area contributed by atoms with Crippen molar-refractivity contribution >= 4 is 31.6 Å². The number of alkyl halides is 1. The van der Waals surface area contributed by atoms with Crippen LogP contribution in [0, 0.1) is 13.8 Å². The Labute approximate surface area is 134 Å². The molecule has 0 N–H and O–H groups in total. The van der Waals surface area contributed by atoms with E-state index >= 15 is 0 Å². The van der Waals surface area contributed by atoms with Crippen LogP contribution in [0.25, 0.3) is 0 Å². The first-order valence-electron chi connectivity index (χ1n) is 6.57. The number of halogens is 1. The summed E-state index contributed by atoms with van der Waals surface area (Å²) in [7, 11) is -1.95. The van der Waals surface area contributed by atoms with Crippen LogP contribution in [0.4, 0.5) is 5.69 Å². The zero-order valence-electron chi connectivity index (χ0n) is 12.3. The monoisotopic (exact) mass is 367 g/mol. The smallest absolute Gasteiger partial charge is 0.264 e. The van der Waals surface area contributed by atoms with E-state index in [1.54, 1.807) is 19.2 Å². The lowest BCUT2D eigenvalue weighted by atomic mass is 10.1. The van der Waals surface area contributed by atoms with E-state index in [1.807, 2.05) is 44.2 Å². The first kappa shape index (κ1) is 16.0. The molecule has 0 amide bonds. The Balaban J connectivity index is 2.41. The lowest BCUT2D eigenvalue weighted by molar-refractivity contribution is 0.594. The van der Waals surface area contributed by atoms with Crippen molar-refractivity contribution in [2.75, 3.05) is 11.4 Å². The van der Waals surface area contributed by atoms with Gasteiger partial charge in [0.05, 0.1) is 10.6 Å². The standard InChI is InChI=1S/C16H18BrNO2S/c1-12-8-13(2)10-15(9-12)18(3)21(19,20)16-6-4-14(11-17)5-7-16/h4-10H,11H2,1-3H3. The molecule has 0 aromatic heterocycles. The van der Waals surface area contributed by atoms with Gasteiger partial charge in [0.25, 0.3) is 10.0 Å². The van der Waals surface area contributed by atoms with Crippen LogP contribution in [0.15, 0.2) is 47.4 Å². The molecule has 0 fully saturated rings. The molecule has 0 aliphatic rings. The molecule has 0 bridgehead atoms. The zero-order valence-corrected chi connectivity index (χ0v) is 14.7. The first-order chi connectivity index (χ1) is 9.84. The Bertz CT molecular complexity index is 719. The molecule has 0 spiro atoms. The molecule has 0 aliphatic carbocycles. The predicted octanol–water partition coefficient (Wildman–Crippen LogP) is 4.02. The maximum Gasteiger partial charge on any atom is 0.264 e. The van der Waals surface area contributed by atoms with E-state index in [2.05, 4.69) is 15.9 Å². The maximum atomic E-state index is 12.7. The van der Waals surface area contributed by atoms with Gasteiger partial charge in [0.15, 0.2) is 0 Å². The van der Waals surface area contributed by atoms with Crippen molar-refractivity contribution in [3.8, 4) is 0 Å². The number of sulfonamides is 1. The number of aryl methyl sites for hydroxylation is 2. The van der Waals surface area contributed by atoms with Crippen LogP contribution in [0.3, 0.4) is 0 Å². The summed E-state index contributed by atoms with van der Waals surface area (Å²) in [5, 5.41) is 0.709. The summed E-state index contributed by atoms with van der Waals surface area (Å²) in [5.74, 6) is 0. The molecule has 0 radical (unpaired) electrons. The summed E-state index contributed by atoms with van der Waals surface area (Å²) >= 11 is 3.35. The van der Waals surface area contributed by atoms with Gasteiger partial charge in [-0.05, 0) is 54.8 Å². The minimum Gasteiger partial charge on any atom is -0.269 e. The third-order valence-corrected chi connectivity index (χ3v) is 5.75. The molecular weight excluding hydrogens is 350 g/mol. The van der Waals surface area contributed by atoms with Crippen molar-refractivity contribution in [2.24, 2.45) is 0 Å². The lowest BCUT2D eigenvalue weighted by Gasteiger charge is -2.20. The fraction of sp³-hybridized carbons (Fsp3) is 0.250. The van der Waals surface area contributed by atoms with Crippen LogP contribution in [0.5, 0.6) is 0 Å². The molecule has 2 aromatic rings. The Hall–Kier alpha value is -1.33. The van der Waals surface area contributed by atoms with Crippen LogP contribution in [0.1, 0.15) is 16.7 Å². The van der Waals surface area contributed by atoms with Crippen LogP contribution in [-0.2, 0) is 15.4 Å². The van der Waals surface area contributed by atoms with Gasteiger partial charge in [-0.1, -0.05) is 34.1 Å². The number of benzene rings is 2. The topological polar surface area (TPSA) is 37.4 Å². The lowest BCUT2D eigenvalue weighted by Crippen LogP contribution is -2.26. The second-order valence-corrected chi connectivity index (χ2v) is 7.63. The summed E-state index contributed by atoms with van der Waals surface area (Å²) in [6.45, 7) is 3.92. The van der Waals surface area contributed by atoms with E-state index in [4.69, 9.17) is 0 Å². The molecule has 0 atom stereocenters. The van der Waals surface area contributed by atoms with E-state index in [9.17, 15) is 8.42 Å². The summed E-state index contributed by atoms with van der Waals surface area (Å²) in [6.07, 6.45) is 0. The van der Waals surface area contributed by atoms with E-state index < -0.39 is 10.0 Å². The van der Waals surface area contributed by atoms with Gasteiger partial charge < -0.3 is 0 Å². The Morgan fingerprint density at radius 1 is 1.00 bits per heavy atom. The predicted molar refractivity (Wildman–Crippen MR) is 90.6 cm³/mol. The molecule has 0 aliphatic heterocycles. The van der Waals surface area contributed by atoms with Gasteiger partial charge in [-0.3, -0.25) is 4.31 Å². The average Bonchev–Trinajstić information content (AvgIpc) is 2.45. The number of nitrogens with zero attached hydrogens (tertiary/aromatic N) is 1. The molecule has 112 valence electrons. The molecule has 2 rings (SSSR count). The first-order valence-corrected chi connectivity index (χ1v) is 9.13. The van der Waals surface area contributed by atoms with Gasteiger partial charge in [0.2, 0.25) is 0 Å². The van der Waals surface area contributed by atoms with Gasteiger partial charge in [-0.25, -0.2) is 8.42 Å². The van der Waals surface area contributed by atoms with Crippen molar-refractivity contribution in [1.82, 2.24) is 0 Å². The van der Waals surface area contributed by atoms with Crippen molar-refractivity contribution in [2.45, 2.75) is 24.1 Å². The summed E-state index contributed by atoms with van der Waals surface area (Å²) in [6, 6.07) is 12.7. The second-order valence-electron chi connectivity index (χ2n) is 5.10. The molecular formula is C16H18BrNO2S. The molecule has 5 heteroatoms. The van der Waals surface area contributed by atoms with Crippen LogP contribution < -0.4 is 4.31 Å². The molecule has 0 heterocycles. The van der Waals surface area contributed by atoms with E-state index in [0.29, 0.717) is 15.9 Å². The van der Waals surface area contributed by atoms with E-state index in [-0.39, 0.29) is 0 Å². The highest BCUT2D eigenvalue weighted by molar-refractivity contribution is 9.08. The molecule has 21 heavy (non-hydrogen) atoms. The van der Waals surface area contributed by atoms with Crippen LogP contribution >= 0.6 is 15.9 Å². The van der Waals surface area contributed by atoms with Crippen molar-refractivity contribution in [3.05, 3.63) is 59.2 Å². The number of anilines is 1. The van der Waals surface area contributed by atoms with Gasteiger partial charge in [-0.2, -0.15) is 0 Å². The van der Waals surface area contributed by atoms with Gasteiger partial charge >= 0.3 is 0 Å². The van der Waals surface area contributed by atoms with Crippen LogP contribution in [0.2, 0.25) is 0 Å². The van der Waals surface area contributed by atoms with Gasteiger partial charge in [0.1, 0.15) is 0 Å². The molecule has 0 saturated heterocycles. The molecule has 0 saturated carbocycles. The van der Waals surface area contributed by atoms with Crippen molar-refractivity contribution in [3.63, 3.8) is 0 Å². The Kier molecular flexibility index (Phi) is 4.74.